The van der Waals surface area contributed by atoms with Gasteiger partial charge in [-0.1, -0.05) is 62.0 Å². The summed E-state index contributed by atoms with van der Waals surface area (Å²) >= 11 is 0. The summed E-state index contributed by atoms with van der Waals surface area (Å²) in [5.74, 6) is -15.1. The van der Waals surface area contributed by atoms with Crippen molar-refractivity contribution in [2.75, 3.05) is 6.61 Å². The van der Waals surface area contributed by atoms with Gasteiger partial charge in [0.15, 0.2) is 63.9 Å². The lowest BCUT2D eigenvalue weighted by molar-refractivity contribution is 0.271. The highest BCUT2D eigenvalue weighted by Crippen LogP contribution is 2.39. The summed E-state index contributed by atoms with van der Waals surface area (Å²) in [6.07, 6.45) is 2.60. The highest BCUT2D eigenvalue weighted by Gasteiger charge is 2.31. The van der Waals surface area contributed by atoms with Crippen molar-refractivity contribution in [3.05, 3.63) is 134 Å². The lowest BCUT2D eigenvalue weighted by atomic mass is 10.00. The van der Waals surface area contributed by atoms with Crippen LogP contribution in [0.5, 0.6) is 5.75 Å². The minimum Gasteiger partial charge on any atom is -0.488 e. The zero-order chi connectivity index (χ0) is 39.2. The molecule has 0 amide bonds. The van der Waals surface area contributed by atoms with Crippen molar-refractivity contribution in [1.29, 1.82) is 0 Å². The lowest BCUT2D eigenvalue weighted by Gasteiger charge is -2.14. The molecule has 54 heavy (non-hydrogen) atoms. The summed E-state index contributed by atoms with van der Waals surface area (Å²) in [5.41, 5.74) is -3.39. The van der Waals surface area contributed by atoms with Gasteiger partial charge in [-0.05, 0) is 48.4 Å². The molecule has 0 bridgehead atoms. The van der Waals surface area contributed by atoms with Gasteiger partial charge in [0.05, 0.1) is 28.2 Å². The molecule has 0 aliphatic rings. The van der Waals surface area contributed by atoms with Gasteiger partial charge in [-0.2, -0.15) is 4.39 Å². The summed E-state index contributed by atoms with van der Waals surface area (Å²) in [6.45, 7) is 2.44. The first-order valence-corrected chi connectivity index (χ1v) is 16.2. The summed E-state index contributed by atoms with van der Waals surface area (Å²) < 4.78 is 183. The van der Waals surface area contributed by atoms with E-state index in [4.69, 9.17) is 4.74 Å². The third-order valence-corrected chi connectivity index (χ3v) is 8.71. The fourth-order valence-electron chi connectivity index (χ4n) is 5.84. The van der Waals surface area contributed by atoms with E-state index >= 15 is 26.3 Å². The second kappa shape index (κ2) is 14.9. The molecule has 0 atom stereocenters. The maximum absolute atomic E-state index is 15.4. The van der Waals surface area contributed by atoms with Crippen LogP contribution >= 0.6 is 0 Å². The molecule has 0 aliphatic carbocycles. The lowest BCUT2D eigenvalue weighted by Crippen LogP contribution is -2.08. The Bertz CT molecular complexity index is 2680. The Morgan fingerprint density at radius 2 is 0.889 bits per heavy atom. The number of ether oxygens (including phenoxy) is 1. The van der Waals surface area contributed by atoms with Crippen LogP contribution in [0.4, 0.5) is 52.7 Å². The van der Waals surface area contributed by atoms with E-state index in [2.05, 4.69) is 11.8 Å². The molecule has 276 valence electrons. The Hall–Kier alpha value is -5.82. The van der Waals surface area contributed by atoms with E-state index in [0.717, 1.165) is 19.8 Å². The standard InChI is InChI=1S/C41H22F12O/c1-3-4-5-6-15-54-41-39(52)28-27(38(51)40(41)53)32(45)24(34(47)37(28)50)14-10-20-8-12-21-16-19(7-11-22(21)17-20)9-13-23-31(44)26-25(36(49)33(23)46)29(42)18(2)30(43)35(26)48/h7-8,11-12,16-17H,3-6,15H2,1-2H3. The van der Waals surface area contributed by atoms with Crippen LogP contribution in [0.2, 0.25) is 0 Å². The van der Waals surface area contributed by atoms with Crippen molar-refractivity contribution in [1.82, 2.24) is 0 Å². The number of fused-ring (bicyclic) bond motifs is 3. The molecule has 6 aromatic carbocycles. The Labute approximate surface area is 299 Å². The molecule has 0 radical (unpaired) electrons. The molecule has 6 rings (SSSR count). The molecule has 0 saturated heterocycles. The summed E-state index contributed by atoms with van der Waals surface area (Å²) in [7, 11) is 0. The monoisotopic (exact) mass is 758 g/mol. The van der Waals surface area contributed by atoms with Gasteiger partial charge in [-0.3, -0.25) is 0 Å². The molecule has 13 heteroatoms. The average molecular weight is 759 g/mol. The Morgan fingerprint density at radius 1 is 0.444 bits per heavy atom. The molecule has 1 nitrogen and oxygen atoms in total. The predicted molar refractivity (Wildman–Crippen MR) is 178 cm³/mol. The molecule has 0 fully saturated rings. The first-order chi connectivity index (χ1) is 25.7. The number of hydrogen-bond acceptors (Lipinski definition) is 1. The number of halogens is 12. The van der Waals surface area contributed by atoms with Crippen LogP contribution in [0, 0.1) is 100 Å². The number of unbranched alkanes of at least 4 members (excludes halogenated alkanes) is 3. The summed E-state index contributed by atoms with van der Waals surface area (Å²) in [4.78, 5) is 0. The normalized spacial score (nSPS) is 11.2. The maximum Gasteiger partial charge on any atom is 0.204 e. The smallest absolute Gasteiger partial charge is 0.204 e. The van der Waals surface area contributed by atoms with Crippen molar-refractivity contribution in [2.45, 2.75) is 39.5 Å². The van der Waals surface area contributed by atoms with Crippen molar-refractivity contribution in [3.63, 3.8) is 0 Å². The second-order valence-corrected chi connectivity index (χ2v) is 12.2. The van der Waals surface area contributed by atoms with Gasteiger partial charge in [0.2, 0.25) is 5.82 Å². The Kier molecular flexibility index (Phi) is 10.5. The molecule has 0 aromatic heterocycles. The van der Waals surface area contributed by atoms with E-state index in [1.165, 1.54) is 36.4 Å². The highest BCUT2D eigenvalue weighted by atomic mass is 19.2. The maximum atomic E-state index is 15.4. The number of hydrogen-bond donors (Lipinski definition) is 0. The quantitative estimate of drug-likeness (QED) is 0.0711. The predicted octanol–water partition coefficient (Wildman–Crippen LogP) is 11.9. The largest absolute Gasteiger partial charge is 0.488 e. The third kappa shape index (κ3) is 6.42. The minimum absolute atomic E-state index is 0.0813. The van der Waals surface area contributed by atoms with Crippen LogP contribution in [0.15, 0.2) is 36.4 Å². The molecule has 0 saturated carbocycles. The van der Waals surface area contributed by atoms with Crippen molar-refractivity contribution in [3.8, 4) is 29.4 Å². The van der Waals surface area contributed by atoms with Crippen LogP contribution in [-0.4, -0.2) is 6.61 Å². The van der Waals surface area contributed by atoms with E-state index in [-0.39, 0.29) is 17.7 Å². The minimum atomic E-state index is -2.01. The van der Waals surface area contributed by atoms with E-state index in [1.807, 2.05) is 18.8 Å². The molecule has 0 unspecified atom stereocenters. The van der Waals surface area contributed by atoms with E-state index in [1.54, 1.807) is 0 Å². The van der Waals surface area contributed by atoms with Crippen LogP contribution in [-0.2, 0) is 0 Å². The van der Waals surface area contributed by atoms with Crippen molar-refractivity contribution in [2.24, 2.45) is 0 Å². The molecule has 0 spiro atoms. The fraction of sp³-hybridized carbons (Fsp3) is 0.171. The number of rotatable bonds is 6. The van der Waals surface area contributed by atoms with Crippen LogP contribution in [0.25, 0.3) is 32.3 Å². The van der Waals surface area contributed by atoms with E-state index < -0.39 is 114 Å². The first-order valence-electron chi connectivity index (χ1n) is 16.2. The molecular weight excluding hydrogens is 736 g/mol. The van der Waals surface area contributed by atoms with Gasteiger partial charge < -0.3 is 4.74 Å². The van der Waals surface area contributed by atoms with E-state index in [9.17, 15) is 26.3 Å². The first kappa shape index (κ1) is 37.9. The average Bonchev–Trinajstić information content (AvgIpc) is 3.15. The molecular formula is C41H22F12O. The third-order valence-electron chi connectivity index (χ3n) is 8.71. The van der Waals surface area contributed by atoms with E-state index in [0.29, 0.717) is 23.6 Å². The number of benzene rings is 6. The molecule has 0 aliphatic heterocycles. The molecule has 0 heterocycles. The second-order valence-electron chi connectivity index (χ2n) is 12.2. The van der Waals surface area contributed by atoms with Crippen LogP contribution in [0.3, 0.4) is 0 Å². The van der Waals surface area contributed by atoms with Gasteiger partial charge in [0.1, 0.15) is 16.9 Å². The van der Waals surface area contributed by atoms with Crippen LogP contribution < -0.4 is 4.74 Å². The zero-order valence-electron chi connectivity index (χ0n) is 27.9. The van der Waals surface area contributed by atoms with Gasteiger partial charge in [-0.25, -0.2) is 48.3 Å². The van der Waals surface area contributed by atoms with Gasteiger partial charge in [0, 0.05) is 16.7 Å². The summed E-state index contributed by atoms with van der Waals surface area (Å²) in [6, 6.07) is 8.29. The van der Waals surface area contributed by atoms with Gasteiger partial charge in [-0.15, -0.1) is 0 Å². The van der Waals surface area contributed by atoms with Crippen molar-refractivity contribution >= 4 is 32.3 Å². The molecule has 6 aromatic rings. The molecule has 0 N–H and O–H groups in total. The van der Waals surface area contributed by atoms with Crippen LogP contribution in [0.1, 0.15) is 60.4 Å². The topological polar surface area (TPSA) is 9.23 Å². The van der Waals surface area contributed by atoms with Gasteiger partial charge >= 0.3 is 0 Å². The Morgan fingerprint density at radius 3 is 1.39 bits per heavy atom. The highest BCUT2D eigenvalue weighted by molar-refractivity contribution is 5.90. The van der Waals surface area contributed by atoms with Gasteiger partial charge in [0.25, 0.3) is 0 Å². The summed E-state index contributed by atoms with van der Waals surface area (Å²) in [5, 5.41) is -5.01. The fourth-order valence-corrected chi connectivity index (χ4v) is 5.84. The van der Waals surface area contributed by atoms with Crippen molar-refractivity contribution < 1.29 is 57.4 Å². The SMILES string of the molecule is CCCCCCOc1c(F)c(F)c2c(F)c(C#Cc3ccc4cc(C#Cc5c(F)c(F)c6c(F)c(C)c(F)c(F)c6c5F)ccc4c3)c(F)c(F)c2c1F. The zero-order valence-corrected chi connectivity index (χ0v) is 27.9. The Balaban J connectivity index is 1.33.